The van der Waals surface area contributed by atoms with E-state index in [9.17, 15) is 26.4 Å². The summed E-state index contributed by atoms with van der Waals surface area (Å²) in [6.45, 7) is 4.17. The fourth-order valence-corrected chi connectivity index (χ4v) is 6.15. The molecule has 0 spiro atoms. The molecule has 3 rings (SSSR count). The number of halogens is 6. The van der Waals surface area contributed by atoms with E-state index in [1.807, 2.05) is 0 Å². The van der Waals surface area contributed by atoms with Gasteiger partial charge < -0.3 is 9.80 Å². The predicted octanol–water partition coefficient (Wildman–Crippen LogP) is 5.94. The molecular weight excluding hydrogens is 598 g/mol. The number of likely N-dealkylation sites (N-methyl/N-ethyl adjacent to an activating group) is 1. The number of hydrogen-bond acceptors (Lipinski definition) is 4. The molecule has 0 bridgehead atoms. The van der Waals surface area contributed by atoms with Gasteiger partial charge >= 0.3 is 6.18 Å². The van der Waals surface area contributed by atoms with Crippen LogP contribution in [0, 0.1) is 0 Å². The lowest BCUT2D eigenvalue weighted by atomic mass is 9.77. The lowest BCUT2D eigenvalue weighted by Crippen LogP contribution is -2.45. The number of nitrogens with zero attached hydrogens (tertiary/aromatic N) is 3. The van der Waals surface area contributed by atoms with Gasteiger partial charge in [-0.15, -0.1) is 0 Å². The Labute approximate surface area is 242 Å². The summed E-state index contributed by atoms with van der Waals surface area (Å²) in [4.78, 5) is 17.4. The fourth-order valence-electron chi connectivity index (χ4n) is 4.75. The number of benzene rings is 2. The van der Waals surface area contributed by atoms with E-state index in [2.05, 4.69) is 4.90 Å². The quantitative estimate of drug-likeness (QED) is 0.363. The van der Waals surface area contributed by atoms with Crippen molar-refractivity contribution in [2.24, 2.45) is 0 Å². The van der Waals surface area contributed by atoms with Crippen LogP contribution in [0.5, 0.6) is 0 Å². The van der Waals surface area contributed by atoms with Crippen molar-refractivity contribution >= 4 is 50.7 Å². The highest BCUT2D eigenvalue weighted by molar-refractivity contribution is 7.88. The van der Waals surface area contributed by atoms with Crippen LogP contribution in [-0.2, 0) is 33.0 Å². The first-order valence-electron chi connectivity index (χ1n) is 12.3. The van der Waals surface area contributed by atoms with Gasteiger partial charge in [-0.05, 0) is 68.2 Å². The third-order valence-corrected chi connectivity index (χ3v) is 9.45. The average Bonchev–Trinajstić information content (AvgIpc) is 3.10. The molecule has 0 aliphatic carbocycles. The third-order valence-electron chi connectivity index (χ3n) is 7.08. The first-order valence-corrected chi connectivity index (χ1v) is 15.2. The Morgan fingerprint density at radius 3 is 2.26 bits per heavy atom. The van der Waals surface area contributed by atoms with Crippen molar-refractivity contribution < 1.29 is 26.4 Å². The Bertz CT molecular complexity index is 1310. The number of hydrogen-bond donors (Lipinski definition) is 0. The SMILES string of the molecule is CN(Cc1ccc(Cl)c(C(F)(F)F)c1)C(=O)C(C)(CCN1CCCN(S(C)(=O)=O)CC1)c1ccc(Cl)c(Cl)c1. The Morgan fingerprint density at radius 2 is 1.64 bits per heavy atom. The van der Waals surface area contributed by atoms with Crippen molar-refractivity contribution in [1.82, 2.24) is 14.1 Å². The van der Waals surface area contributed by atoms with E-state index in [4.69, 9.17) is 34.8 Å². The monoisotopic (exact) mass is 627 g/mol. The number of alkyl halides is 3. The molecule has 0 radical (unpaired) electrons. The van der Waals surface area contributed by atoms with Gasteiger partial charge in [0.15, 0.2) is 0 Å². The van der Waals surface area contributed by atoms with Crippen LogP contribution in [0.1, 0.15) is 36.5 Å². The van der Waals surface area contributed by atoms with Crippen LogP contribution in [0.2, 0.25) is 15.1 Å². The lowest BCUT2D eigenvalue weighted by molar-refractivity contribution is -0.137. The van der Waals surface area contributed by atoms with Crippen LogP contribution >= 0.6 is 34.8 Å². The second-order valence-corrected chi connectivity index (χ2v) is 13.2. The second-order valence-electron chi connectivity index (χ2n) is 10.0. The minimum Gasteiger partial charge on any atom is -0.341 e. The molecule has 1 aliphatic heterocycles. The summed E-state index contributed by atoms with van der Waals surface area (Å²) >= 11 is 18.2. The Kier molecular flexibility index (Phi) is 10.3. The van der Waals surface area contributed by atoms with Crippen molar-refractivity contribution in [2.45, 2.75) is 37.9 Å². The number of carbonyl (C=O) groups is 1. The van der Waals surface area contributed by atoms with E-state index in [0.717, 1.165) is 6.07 Å². The first kappa shape index (κ1) is 32.0. The molecule has 1 fully saturated rings. The average molecular weight is 629 g/mol. The highest BCUT2D eigenvalue weighted by atomic mass is 35.5. The van der Waals surface area contributed by atoms with E-state index in [-0.39, 0.29) is 23.0 Å². The fraction of sp³-hybridized carbons (Fsp3) is 0.500. The molecule has 216 valence electrons. The number of sulfonamides is 1. The van der Waals surface area contributed by atoms with Gasteiger partial charge in [0, 0.05) is 33.2 Å². The molecule has 1 heterocycles. The van der Waals surface area contributed by atoms with Crippen molar-refractivity contribution in [1.29, 1.82) is 0 Å². The summed E-state index contributed by atoms with van der Waals surface area (Å²) in [7, 11) is -1.76. The molecule has 0 aromatic heterocycles. The maximum Gasteiger partial charge on any atom is 0.417 e. The van der Waals surface area contributed by atoms with Gasteiger partial charge in [-0.1, -0.05) is 46.9 Å². The second kappa shape index (κ2) is 12.5. The van der Waals surface area contributed by atoms with Gasteiger partial charge in [-0.25, -0.2) is 12.7 Å². The van der Waals surface area contributed by atoms with Crippen molar-refractivity contribution in [2.75, 3.05) is 46.0 Å². The molecule has 2 aromatic carbocycles. The molecule has 1 aliphatic rings. The standard InChI is InChI=1S/C26H31Cl3F3N3O3S/c1-25(19-6-8-22(28)23(29)16-19,9-12-34-10-4-11-35(14-13-34)39(3,37)38)24(36)33(2)17-18-5-7-21(27)20(15-18)26(30,31)32/h5-8,15-16H,4,9-14,17H2,1-3H3. The molecule has 13 heteroatoms. The molecule has 1 saturated heterocycles. The maximum atomic E-state index is 13.9. The van der Waals surface area contributed by atoms with Crippen LogP contribution in [0.25, 0.3) is 0 Å². The van der Waals surface area contributed by atoms with E-state index < -0.39 is 32.2 Å². The summed E-state index contributed by atoms with van der Waals surface area (Å²) < 4.78 is 65.5. The Balaban J connectivity index is 1.85. The first-order chi connectivity index (χ1) is 18.0. The molecule has 0 N–H and O–H groups in total. The van der Waals surface area contributed by atoms with Gasteiger partial charge in [0.05, 0.1) is 32.3 Å². The molecule has 1 amide bonds. The topological polar surface area (TPSA) is 60.9 Å². The summed E-state index contributed by atoms with van der Waals surface area (Å²) in [5, 5.41) is 0.201. The smallest absolute Gasteiger partial charge is 0.341 e. The number of rotatable bonds is 8. The molecule has 2 aromatic rings. The van der Waals surface area contributed by atoms with Crippen molar-refractivity contribution in [3.05, 3.63) is 68.2 Å². The molecule has 1 atom stereocenters. The highest BCUT2D eigenvalue weighted by Gasteiger charge is 2.39. The maximum absolute atomic E-state index is 13.9. The number of amides is 1. The zero-order valence-electron chi connectivity index (χ0n) is 21.9. The molecule has 6 nitrogen and oxygen atoms in total. The normalized spacial score (nSPS) is 17.5. The molecular formula is C26H31Cl3F3N3O3S. The van der Waals surface area contributed by atoms with Crippen molar-refractivity contribution in [3.8, 4) is 0 Å². The lowest BCUT2D eigenvalue weighted by Gasteiger charge is -2.35. The summed E-state index contributed by atoms with van der Waals surface area (Å²) in [6, 6.07) is 8.55. The molecule has 39 heavy (non-hydrogen) atoms. The zero-order valence-corrected chi connectivity index (χ0v) is 24.9. The minimum atomic E-state index is -4.62. The highest BCUT2D eigenvalue weighted by Crippen LogP contribution is 2.37. The summed E-state index contributed by atoms with van der Waals surface area (Å²) in [5.74, 6) is -0.308. The van der Waals surface area contributed by atoms with Gasteiger partial charge in [0.1, 0.15) is 0 Å². The number of carbonyl (C=O) groups excluding carboxylic acids is 1. The van der Waals surface area contributed by atoms with Gasteiger partial charge in [-0.3, -0.25) is 4.79 Å². The Morgan fingerprint density at radius 1 is 0.974 bits per heavy atom. The van der Waals surface area contributed by atoms with E-state index >= 15 is 0 Å². The van der Waals surface area contributed by atoms with Crippen LogP contribution in [0.4, 0.5) is 13.2 Å². The van der Waals surface area contributed by atoms with Gasteiger partial charge in [0.2, 0.25) is 15.9 Å². The zero-order chi connectivity index (χ0) is 29.2. The third kappa shape index (κ3) is 8.01. The van der Waals surface area contributed by atoms with Crippen LogP contribution in [0.15, 0.2) is 36.4 Å². The molecule has 1 unspecified atom stereocenters. The van der Waals surface area contributed by atoms with Gasteiger partial charge in [0.25, 0.3) is 0 Å². The van der Waals surface area contributed by atoms with Crippen LogP contribution < -0.4 is 0 Å². The largest absolute Gasteiger partial charge is 0.417 e. The summed E-state index contributed by atoms with van der Waals surface area (Å²) in [5.41, 5.74) is -1.15. The Hall–Kier alpha value is -1.56. The van der Waals surface area contributed by atoms with Crippen molar-refractivity contribution in [3.63, 3.8) is 0 Å². The summed E-state index contributed by atoms with van der Waals surface area (Å²) in [6.07, 6.45) is -2.41. The van der Waals surface area contributed by atoms with Crippen LogP contribution in [0.3, 0.4) is 0 Å². The molecule has 0 saturated carbocycles. The minimum absolute atomic E-state index is 0.0664. The van der Waals surface area contributed by atoms with E-state index in [0.29, 0.717) is 56.2 Å². The van der Waals surface area contributed by atoms with Crippen LogP contribution in [-0.4, -0.2) is 74.5 Å². The predicted molar refractivity (Wildman–Crippen MR) is 149 cm³/mol. The van der Waals surface area contributed by atoms with E-state index in [1.165, 1.54) is 34.6 Å². The van der Waals surface area contributed by atoms with E-state index in [1.54, 1.807) is 25.1 Å². The van der Waals surface area contributed by atoms with Gasteiger partial charge in [-0.2, -0.15) is 13.2 Å².